The standard InChI is InChI=1S/C26H29N9O2/c1-33(2)26(37)30-20-12-18(14-27-15-20)17-4-6-22-21(13-17)24(32-31-22)25(36)29-19-5-7-23(28-16-19)35-10-8-34(3)9-11-35/h4-7,12-16H,8-11H2,1-3H3,(H,29,36)(H,30,37)(H,31,32). The number of pyridine rings is 2. The van der Waals surface area contributed by atoms with E-state index in [2.05, 4.69) is 47.6 Å². The van der Waals surface area contributed by atoms with Crippen molar-refractivity contribution in [3.05, 3.63) is 60.7 Å². The molecule has 11 nitrogen and oxygen atoms in total. The number of nitrogens with one attached hydrogen (secondary N) is 3. The zero-order valence-electron chi connectivity index (χ0n) is 21.0. The number of urea groups is 1. The van der Waals surface area contributed by atoms with Gasteiger partial charge in [0.1, 0.15) is 5.82 Å². The molecule has 37 heavy (non-hydrogen) atoms. The first-order valence-electron chi connectivity index (χ1n) is 12.0. The van der Waals surface area contributed by atoms with Crippen LogP contribution < -0.4 is 15.5 Å². The molecule has 0 aliphatic carbocycles. The largest absolute Gasteiger partial charge is 0.354 e. The van der Waals surface area contributed by atoms with E-state index in [1.54, 1.807) is 32.7 Å². The maximum absolute atomic E-state index is 13.1. The Morgan fingerprint density at radius 1 is 0.919 bits per heavy atom. The number of fused-ring (bicyclic) bond motifs is 1. The molecular formula is C26H29N9O2. The van der Waals surface area contributed by atoms with E-state index in [4.69, 9.17) is 0 Å². The van der Waals surface area contributed by atoms with Gasteiger partial charge in [-0.05, 0) is 42.9 Å². The first-order valence-corrected chi connectivity index (χ1v) is 12.0. The molecule has 0 spiro atoms. The molecule has 3 N–H and O–H groups in total. The van der Waals surface area contributed by atoms with Gasteiger partial charge in [-0.3, -0.25) is 14.9 Å². The first kappa shape index (κ1) is 24.2. The molecule has 1 aromatic carbocycles. The maximum Gasteiger partial charge on any atom is 0.321 e. The molecule has 3 amide bonds. The summed E-state index contributed by atoms with van der Waals surface area (Å²) in [6.07, 6.45) is 4.97. The zero-order chi connectivity index (χ0) is 25.9. The molecule has 0 unspecified atom stereocenters. The van der Waals surface area contributed by atoms with Gasteiger partial charge in [-0.2, -0.15) is 5.10 Å². The molecule has 5 rings (SSSR count). The van der Waals surface area contributed by atoms with Crippen molar-refractivity contribution in [2.45, 2.75) is 0 Å². The molecule has 0 saturated carbocycles. The van der Waals surface area contributed by atoms with Crippen molar-refractivity contribution in [3.8, 4) is 11.1 Å². The minimum absolute atomic E-state index is 0.241. The number of nitrogens with zero attached hydrogens (tertiary/aromatic N) is 6. The number of anilines is 3. The van der Waals surface area contributed by atoms with Gasteiger partial charge in [-0.25, -0.2) is 9.78 Å². The Labute approximate surface area is 214 Å². The lowest BCUT2D eigenvalue weighted by Crippen LogP contribution is -2.44. The van der Waals surface area contributed by atoms with Gasteiger partial charge in [0, 0.05) is 57.4 Å². The number of benzene rings is 1. The molecular weight excluding hydrogens is 470 g/mol. The minimum Gasteiger partial charge on any atom is -0.354 e. The number of carbonyl (C=O) groups is 2. The Kier molecular flexibility index (Phi) is 6.69. The Morgan fingerprint density at radius 2 is 1.73 bits per heavy atom. The molecule has 0 radical (unpaired) electrons. The van der Waals surface area contributed by atoms with Crippen molar-refractivity contribution < 1.29 is 9.59 Å². The Balaban J connectivity index is 1.33. The summed E-state index contributed by atoms with van der Waals surface area (Å²) in [6, 6.07) is 11.0. The fourth-order valence-corrected chi connectivity index (χ4v) is 4.14. The maximum atomic E-state index is 13.1. The fourth-order valence-electron chi connectivity index (χ4n) is 4.14. The van der Waals surface area contributed by atoms with Crippen LogP contribution in [0.25, 0.3) is 22.0 Å². The van der Waals surface area contributed by atoms with Crippen LogP contribution in [0, 0.1) is 0 Å². The van der Waals surface area contributed by atoms with E-state index in [1.807, 2.05) is 36.4 Å². The summed E-state index contributed by atoms with van der Waals surface area (Å²) >= 11 is 0. The van der Waals surface area contributed by atoms with E-state index in [0.717, 1.165) is 48.6 Å². The van der Waals surface area contributed by atoms with Gasteiger partial charge in [-0.15, -0.1) is 0 Å². The molecule has 4 aromatic rings. The highest BCUT2D eigenvalue weighted by Crippen LogP contribution is 2.27. The molecule has 4 heterocycles. The number of carbonyl (C=O) groups excluding carboxylic acids is 2. The quantitative estimate of drug-likeness (QED) is 0.386. The number of rotatable bonds is 5. The van der Waals surface area contributed by atoms with Gasteiger partial charge in [-0.1, -0.05) is 6.07 Å². The van der Waals surface area contributed by atoms with Crippen LogP contribution in [0.4, 0.5) is 22.0 Å². The van der Waals surface area contributed by atoms with Crippen LogP contribution in [0.1, 0.15) is 10.5 Å². The lowest BCUT2D eigenvalue weighted by Gasteiger charge is -2.33. The van der Waals surface area contributed by atoms with E-state index in [9.17, 15) is 9.59 Å². The Morgan fingerprint density at radius 3 is 2.46 bits per heavy atom. The third-order valence-corrected chi connectivity index (χ3v) is 6.34. The van der Waals surface area contributed by atoms with E-state index in [-0.39, 0.29) is 17.6 Å². The predicted octanol–water partition coefficient (Wildman–Crippen LogP) is 3.12. The van der Waals surface area contributed by atoms with E-state index >= 15 is 0 Å². The van der Waals surface area contributed by atoms with E-state index in [0.29, 0.717) is 16.8 Å². The van der Waals surface area contributed by atoms with Gasteiger partial charge in [0.25, 0.3) is 5.91 Å². The number of aromatic nitrogens is 4. The summed E-state index contributed by atoms with van der Waals surface area (Å²) in [5.41, 5.74) is 3.84. The van der Waals surface area contributed by atoms with Gasteiger partial charge in [0.05, 0.1) is 29.3 Å². The summed E-state index contributed by atoms with van der Waals surface area (Å²) < 4.78 is 0. The highest BCUT2D eigenvalue weighted by Gasteiger charge is 2.18. The third-order valence-electron chi connectivity index (χ3n) is 6.34. The normalized spacial score (nSPS) is 14.0. The molecule has 1 aliphatic heterocycles. The number of likely N-dealkylation sites (N-methyl/N-ethyl adjacent to an activating group) is 1. The molecule has 3 aromatic heterocycles. The van der Waals surface area contributed by atoms with Crippen LogP contribution in [0.5, 0.6) is 0 Å². The number of piperazine rings is 1. The minimum atomic E-state index is -0.331. The second-order valence-corrected chi connectivity index (χ2v) is 9.27. The smallest absolute Gasteiger partial charge is 0.321 e. The summed E-state index contributed by atoms with van der Waals surface area (Å²) in [5, 5.41) is 13.6. The highest BCUT2D eigenvalue weighted by molar-refractivity contribution is 6.11. The lowest BCUT2D eigenvalue weighted by atomic mass is 10.0. The number of hydrogen-bond acceptors (Lipinski definition) is 7. The van der Waals surface area contributed by atoms with Crippen molar-refractivity contribution in [3.63, 3.8) is 0 Å². The Hall–Kier alpha value is -4.51. The average molecular weight is 500 g/mol. The van der Waals surface area contributed by atoms with Gasteiger partial charge < -0.3 is 25.3 Å². The van der Waals surface area contributed by atoms with Crippen LogP contribution in [0.15, 0.2) is 55.0 Å². The van der Waals surface area contributed by atoms with Gasteiger partial charge in [0.15, 0.2) is 5.69 Å². The molecule has 1 saturated heterocycles. The van der Waals surface area contributed by atoms with Crippen molar-refractivity contribution >= 4 is 40.0 Å². The summed E-state index contributed by atoms with van der Waals surface area (Å²) in [6.45, 7) is 3.85. The van der Waals surface area contributed by atoms with Crippen LogP contribution in [-0.2, 0) is 0 Å². The fraction of sp³-hybridized carbons (Fsp3) is 0.269. The molecule has 11 heteroatoms. The highest BCUT2D eigenvalue weighted by atomic mass is 16.2. The van der Waals surface area contributed by atoms with Crippen LogP contribution in [0.2, 0.25) is 0 Å². The Bertz CT molecular complexity index is 1420. The van der Waals surface area contributed by atoms with Crippen molar-refractivity contribution in [1.29, 1.82) is 0 Å². The number of H-pyrrole nitrogens is 1. The van der Waals surface area contributed by atoms with Crippen molar-refractivity contribution in [2.75, 3.05) is 62.9 Å². The van der Waals surface area contributed by atoms with Crippen molar-refractivity contribution in [2.24, 2.45) is 0 Å². The summed E-state index contributed by atoms with van der Waals surface area (Å²) in [5.74, 6) is 0.571. The average Bonchev–Trinajstić information content (AvgIpc) is 3.33. The molecule has 0 atom stereocenters. The molecule has 1 fully saturated rings. The van der Waals surface area contributed by atoms with E-state index < -0.39 is 0 Å². The third kappa shape index (κ3) is 5.36. The predicted molar refractivity (Wildman–Crippen MR) is 144 cm³/mol. The van der Waals surface area contributed by atoms with Gasteiger partial charge >= 0.3 is 6.03 Å². The molecule has 1 aliphatic rings. The van der Waals surface area contributed by atoms with Crippen molar-refractivity contribution in [1.82, 2.24) is 30.0 Å². The molecule has 190 valence electrons. The topological polar surface area (TPSA) is 122 Å². The lowest BCUT2D eigenvalue weighted by molar-refractivity contribution is 0.102. The number of aromatic amines is 1. The zero-order valence-corrected chi connectivity index (χ0v) is 21.0. The SMILES string of the molecule is CN1CCN(c2ccc(NC(=O)c3n[nH]c4ccc(-c5cncc(NC(=O)N(C)C)c5)cc34)cn2)CC1. The van der Waals surface area contributed by atoms with Crippen LogP contribution in [0.3, 0.4) is 0 Å². The monoisotopic (exact) mass is 499 g/mol. The first-order chi connectivity index (χ1) is 17.9. The summed E-state index contributed by atoms with van der Waals surface area (Å²) in [4.78, 5) is 39.9. The van der Waals surface area contributed by atoms with Crippen LogP contribution >= 0.6 is 0 Å². The van der Waals surface area contributed by atoms with Gasteiger partial charge in [0.2, 0.25) is 0 Å². The second kappa shape index (κ2) is 10.2. The van der Waals surface area contributed by atoms with E-state index in [1.165, 1.54) is 4.90 Å². The summed E-state index contributed by atoms with van der Waals surface area (Å²) in [7, 11) is 5.46. The number of amides is 3. The van der Waals surface area contributed by atoms with Crippen LogP contribution in [-0.4, -0.2) is 89.2 Å². The number of hydrogen-bond donors (Lipinski definition) is 3. The second-order valence-electron chi connectivity index (χ2n) is 9.27. The molecule has 0 bridgehead atoms.